The molecule has 0 radical (unpaired) electrons. The molecule has 0 saturated heterocycles. The van der Waals surface area contributed by atoms with Crippen molar-refractivity contribution in [3.05, 3.63) is 11.5 Å². The number of hydrogen-bond acceptors (Lipinski definition) is 3. The zero-order chi connectivity index (χ0) is 6.62. The summed E-state index contributed by atoms with van der Waals surface area (Å²) in [5, 5.41) is 0.993. The van der Waals surface area contributed by atoms with Gasteiger partial charge in [-0.1, -0.05) is 6.08 Å². The van der Waals surface area contributed by atoms with Crippen molar-refractivity contribution in [2.75, 3.05) is 7.11 Å². The Morgan fingerprint density at radius 1 is 1.44 bits per heavy atom. The third-order valence-corrected chi connectivity index (χ3v) is 1.61. The van der Waals surface area contributed by atoms with Crippen LogP contribution in [-0.2, 0) is 14.3 Å². The SMILES string of the molecule is CC=CS(=O)(=O)OC.[NaH]. The van der Waals surface area contributed by atoms with Gasteiger partial charge in [-0.25, -0.2) is 0 Å². The van der Waals surface area contributed by atoms with E-state index in [1.165, 1.54) is 6.08 Å². The van der Waals surface area contributed by atoms with E-state index in [0.29, 0.717) is 0 Å². The van der Waals surface area contributed by atoms with E-state index in [-0.39, 0.29) is 29.6 Å². The average molecular weight is 160 g/mol. The molecule has 0 unspecified atom stereocenters. The number of rotatable bonds is 2. The first-order valence-corrected chi connectivity index (χ1v) is 3.53. The fraction of sp³-hybridized carbons (Fsp3) is 0.500. The monoisotopic (exact) mass is 160 g/mol. The summed E-state index contributed by atoms with van der Waals surface area (Å²) >= 11 is 0. The molecule has 0 fully saturated rings. The van der Waals surface area contributed by atoms with Crippen LogP contribution in [0.4, 0.5) is 0 Å². The second-order valence-electron chi connectivity index (χ2n) is 1.13. The van der Waals surface area contributed by atoms with Crippen LogP contribution in [0.1, 0.15) is 6.92 Å². The van der Waals surface area contributed by atoms with Crippen LogP contribution in [0, 0.1) is 0 Å². The van der Waals surface area contributed by atoms with Gasteiger partial charge in [0.25, 0.3) is 10.1 Å². The minimum absolute atomic E-state index is 0. The summed E-state index contributed by atoms with van der Waals surface area (Å²) < 4.78 is 24.6. The van der Waals surface area contributed by atoms with Gasteiger partial charge in [-0.05, 0) is 6.92 Å². The molecule has 0 spiro atoms. The van der Waals surface area contributed by atoms with Crippen LogP contribution in [-0.4, -0.2) is 45.1 Å². The van der Waals surface area contributed by atoms with Crippen LogP contribution in [0.5, 0.6) is 0 Å². The molecule has 0 bridgehead atoms. The topological polar surface area (TPSA) is 43.4 Å². The second-order valence-corrected chi connectivity index (χ2v) is 2.72. The Bertz CT molecular complexity index is 170. The maximum atomic E-state index is 10.3. The summed E-state index contributed by atoms with van der Waals surface area (Å²) in [5.41, 5.74) is 0. The molecule has 0 aliphatic heterocycles. The molecule has 5 heteroatoms. The van der Waals surface area contributed by atoms with E-state index in [1.54, 1.807) is 6.92 Å². The van der Waals surface area contributed by atoms with Gasteiger partial charge in [0.15, 0.2) is 0 Å². The van der Waals surface area contributed by atoms with E-state index >= 15 is 0 Å². The van der Waals surface area contributed by atoms with Crippen LogP contribution >= 0.6 is 0 Å². The Hall–Kier alpha value is 0.650. The average Bonchev–Trinajstić information content (AvgIpc) is 1.67. The molecule has 50 valence electrons. The van der Waals surface area contributed by atoms with E-state index in [0.717, 1.165) is 12.5 Å². The molecule has 0 saturated carbocycles. The maximum absolute atomic E-state index is 10.3. The molecule has 9 heavy (non-hydrogen) atoms. The summed E-state index contributed by atoms with van der Waals surface area (Å²) in [6.45, 7) is 1.61. The van der Waals surface area contributed by atoms with Gasteiger partial charge in [0.05, 0.1) is 12.5 Å². The predicted molar refractivity (Wildman–Crippen MR) is 37.9 cm³/mol. The van der Waals surface area contributed by atoms with E-state index in [4.69, 9.17) is 0 Å². The standard InChI is InChI=1S/C4H8O3S.Na.H/c1-3-4-8(5,6)7-2;;/h3-4H,1-2H3;;. The van der Waals surface area contributed by atoms with Gasteiger partial charge in [-0.15, -0.1) is 0 Å². The van der Waals surface area contributed by atoms with Gasteiger partial charge >= 0.3 is 29.6 Å². The zero-order valence-corrected chi connectivity index (χ0v) is 5.60. The molecule has 0 rings (SSSR count). The molecular weight excluding hydrogens is 151 g/mol. The van der Waals surface area contributed by atoms with E-state index in [9.17, 15) is 8.42 Å². The molecule has 3 nitrogen and oxygen atoms in total. The van der Waals surface area contributed by atoms with Crippen molar-refractivity contribution < 1.29 is 12.6 Å². The fourth-order valence-corrected chi connectivity index (χ4v) is 0.667. The third-order valence-electron chi connectivity index (χ3n) is 0.535. The van der Waals surface area contributed by atoms with Gasteiger partial charge in [-0.3, -0.25) is 4.18 Å². The quantitative estimate of drug-likeness (QED) is 0.416. The molecule has 0 aromatic rings. The van der Waals surface area contributed by atoms with Gasteiger partial charge < -0.3 is 0 Å². The molecule has 0 amide bonds. The van der Waals surface area contributed by atoms with Crippen molar-refractivity contribution >= 4 is 39.7 Å². The zero-order valence-electron chi connectivity index (χ0n) is 4.79. The van der Waals surface area contributed by atoms with Crippen molar-refractivity contribution in [2.24, 2.45) is 0 Å². The summed E-state index contributed by atoms with van der Waals surface area (Å²) in [4.78, 5) is 0. The molecule has 0 aliphatic rings. The Morgan fingerprint density at radius 2 is 1.89 bits per heavy atom. The summed E-state index contributed by atoms with van der Waals surface area (Å²) in [5.74, 6) is 0. The number of hydrogen-bond donors (Lipinski definition) is 0. The van der Waals surface area contributed by atoms with Crippen LogP contribution in [0.3, 0.4) is 0 Å². The summed E-state index contributed by atoms with van der Waals surface area (Å²) in [6.07, 6.45) is 1.40. The van der Waals surface area contributed by atoms with Crippen molar-refractivity contribution in [2.45, 2.75) is 6.92 Å². The molecule has 0 atom stereocenters. The first kappa shape index (κ1) is 12.3. The normalized spacial score (nSPS) is 11.3. The Labute approximate surface area is 77.5 Å². The van der Waals surface area contributed by atoms with Gasteiger partial charge in [0.2, 0.25) is 0 Å². The predicted octanol–water partition coefficient (Wildman–Crippen LogP) is -0.152. The van der Waals surface area contributed by atoms with Crippen molar-refractivity contribution in [3.63, 3.8) is 0 Å². The Balaban J connectivity index is 0. The van der Waals surface area contributed by atoms with Crippen molar-refractivity contribution in [1.29, 1.82) is 0 Å². The van der Waals surface area contributed by atoms with Gasteiger partial charge in [-0.2, -0.15) is 8.42 Å². The summed E-state index contributed by atoms with van der Waals surface area (Å²) in [6, 6.07) is 0. The minimum atomic E-state index is -3.35. The number of allylic oxidation sites excluding steroid dienone is 1. The molecular formula is C4H9NaO3S. The van der Waals surface area contributed by atoms with Crippen LogP contribution in [0.15, 0.2) is 11.5 Å². The molecule has 0 N–H and O–H groups in total. The van der Waals surface area contributed by atoms with Gasteiger partial charge in [0, 0.05) is 0 Å². The van der Waals surface area contributed by atoms with Crippen LogP contribution in [0.25, 0.3) is 0 Å². The Kier molecular flexibility index (Phi) is 7.45. The second kappa shape index (κ2) is 5.44. The third kappa shape index (κ3) is 6.54. The molecule has 0 aromatic carbocycles. The van der Waals surface area contributed by atoms with E-state index < -0.39 is 10.1 Å². The van der Waals surface area contributed by atoms with Crippen LogP contribution < -0.4 is 0 Å². The van der Waals surface area contributed by atoms with Gasteiger partial charge in [0.1, 0.15) is 0 Å². The van der Waals surface area contributed by atoms with Crippen molar-refractivity contribution in [1.82, 2.24) is 0 Å². The summed E-state index contributed by atoms with van der Waals surface area (Å²) in [7, 11) is -2.23. The van der Waals surface area contributed by atoms with Crippen LogP contribution in [0.2, 0.25) is 0 Å². The molecule has 0 aromatic heterocycles. The Morgan fingerprint density at radius 3 is 2.00 bits per heavy atom. The fourth-order valence-electron chi connectivity index (χ4n) is 0.222. The molecule has 0 heterocycles. The van der Waals surface area contributed by atoms with Crippen molar-refractivity contribution in [3.8, 4) is 0 Å². The van der Waals surface area contributed by atoms with E-state index in [2.05, 4.69) is 4.18 Å². The first-order valence-electron chi connectivity index (χ1n) is 2.05. The van der Waals surface area contributed by atoms with E-state index in [1.807, 2.05) is 0 Å². The first-order chi connectivity index (χ1) is 3.62. The molecule has 0 aliphatic carbocycles.